The third-order valence-corrected chi connectivity index (χ3v) is 3.50. The summed E-state index contributed by atoms with van der Waals surface area (Å²) < 4.78 is 21.2. The minimum Gasteiger partial charge on any atom is -0.436 e. The minimum absolute atomic E-state index is 0.229. The Hall–Kier alpha value is -1.92. The number of nitrogens with zero attached hydrogens (tertiary/aromatic N) is 2. The van der Waals surface area contributed by atoms with Crippen molar-refractivity contribution in [2.45, 2.75) is 6.61 Å². The van der Waals surface area contributed by atoms with Crippen LogP contribution in [-0.4, -0.2) is 14.5 Å². The average molecular weight is 337 g/mol. The van der Waals surface area contributed by atoms with Crippen LogP contribution in [-0.2, 0) is 6.61 Å². The number of hydrogen-bond acceptors (Lipinski definition) is 3. The van der Waals surface area contributed by atoms with Gasteiger partial charge in [-0.3, -0.25) is 4.40 Å². The van der Waals surface area contributed by atoms with Gasteiger partial charge in [-0.2, -0.15) is 4.98 Å². The minimum atomic E-state index is -0.405. The molecule has 3 aromatic rings. The van der Waals surface area contributed by atoms with E-state index in [1.165, 1.54) is 12.1 Å². The number of ether oxygens (including phenoxy) is 1. The molecule has 0 aliphatic carbocycles. The lowest BCUT2D eigenvalue weighted by molar-refractivity contribution is 0.269. The van der Waals surface area contributed by atoms with Gasteiger partial charge in [0.05, 0.1) is 11.1 Å². The van der Waals surface area contributed by atoms with E-state index in [0.717, 1.165) is 0 Å². The zero-order chi connectivity index (χ0) is 14.1. The first-order valence-corrected chi connectivity index (χ1v) is 6.68. The summed E-state index contributed by atoms with van der Waals surface area (Å²) in [6.07, 6.45) is 1.78. The van der Waals surface area contributed by atoms with Gasteiger partial charge < -0.3 is 9.84 Å². The van der Waals surface area contributed by atoms with Gasteiger partial charge in [-0.25, -0.2) is 4.39 Å². The summed E-state index contributed by atoms with van der Waals surface area (Å²) in [6.45, 7) is -0.229. The maximum atomic E-state index is 13.3. The Morgan fingerprint density at radius 2 is 2.15 bits per heavy atom. The van der Waals surface area contributed by atoms with Gasteiger partial charge in [0.2, 0.25) is 5.88 Å². The van der Waals surface area contributed by atoms with Gasteiger partial charge in [0.1, 0.15) is 22.9 Å². The molecule has 0 aliphatic rings. The monoisotopic (exact) mass is 336 g/mol. The van der Waals surface area contributed by atoms with Crippen LogP contribution in [0.5, 0.6) is 11.6 Å². The third-order valence-electron chi connectivity index (χ3n) is 2.84. The van der Waals surface area contributed by atoms with E-state index in [-0.39, 0.29) is 12.5 Å². The van der Waals surface area contributed by atoms with Crippen molar-refractivity contribution in [3.8, 4) is 11.6 Å². The van der Waals surface area contributed by atoms with Crippen LogP contribution in [0.4, 0.5) is 4.39 Å². The topological polar surface area (TPSA) is 46.8 Å². The van der Waals surface area contributed by atoms with Crippen molar-refractivity contribution >= 4 is 21.6 Å². The van der Waals surface area contributed by atoms with E-state index >= 15 is 0 Å². The van der Waals surface area contributed by atoms with E-state index in [1.54, 1.807) is 22.7 Å². The van der Waals surface area contributed by atoms with Crippen LogP contribution in [0.1, 0.15) is 5.69 Å². The Morgan fingerprint density at radius 1 is 1.30 bits per heavy atom. The molecule has 0 saturated carbocycles. The Bertz CT molecular complexity index is 773. The summed E-state index contributed by atoms with van der Waals surface area (Å²) in [5.74, 6) is 0.158. The summed E-state index contributed by atoms with van der Waals surface area (Å²) >= 11 is 3.29. The van der Waals surface area contributed by atoms with Crippen LogP contribution in [0.15, 0.2) is 47.1 Å². The number of benzene rings is 1. The van der Waals surface area contributed by atoms with Crippen molar-refractivity contribution in [3.05, 3.63) is 58.6 Å². The second kappa shape index (κ2) is 5.22. The normalized spacial score (nSPS) is 10.9. The molecule has 2 heterocycles. The van der Waals surface area contributed by atoms with Crippen LogP contribution in [0.2, 0.25) is 0 Å². The van der Waals surface area contributed by atoms with Gasteiger partial charge in [-0.05, 0) is 40.2 Å². The van der Waals surface area contributed by atoms with E-state index in [2.05, 4.69) is 20.9 Å². The third kappa shape index (κ3) is 2.28. The summed E-state index contributed by atoms with van der Waals surface area (Å²) in [6, 6.07) is 9.61. The number of aromatic nitrogens is 2. The van der Waals surface area contributed by atoms with Crippen molar-refractivity contribution in [3.63, 3.8) is 0 Å². The zero-order valence-electron chi connectivity index (χ0n) is 10.3. The first-order valence-electron chi connectivity index (χ1n) is 5.89. The highest BCUT2D eigenvalue weighted by Gasteiger charge is 2.14. The van der Waals surface area contributed by atoms with Gasteiger partial charge in [0, 0.05) is 12.3 Å². The summed E-state index contributed by atoms with van der Waals surface area (Å²) in [7, 11) is 0. The van der Waals surface area contributed by atoms with Gasteiger partial charge in [0.25, 0.3) is 0 Å². The maximum Gasteiger partial charge on any atom is 0.243 e. The molecule has 0 bridgehead atoms. The molecule has 4 nitrogen and oxygen atoms in total. The van der Waals surface area contributed by atoms with Crippen molar-refractivity contribution in [1.29, 1.82) is 0 Å². The molecule has 0 saturated heterocycles. The number of rotatable bonds is 3. The molecule has 6 heteroatoms. The second-order valence-electron chi connectivity index (χ2n) is 4.13. The Labute approximate surface area is 122 Å². The van der Waals surface area contributed by atoms with Crippen LogP contribution in [0.25, 0.3) is 5.65 Å². The first kappa shape index (κ1) is 13.1. The van der Waals surface area contributed by atoms with Crippen molar-refractivity contribution in [2.24, 2.45) is 0 Å². The fourth-order valence-corrected chi connectivity index (χ4v) is 2.24. The summed E-state index contributed by atoms with van der Waals surface area (Å²) in [5, 5.41) is 9.48. The number of imidazole rings is 1. The highest BCUT2D eigenvalue weighted by Crippen LogP contribution is 2.32. The molecule has 0 fully saturated rings. The molecule has 1 aromatic carbocycles. The van der Waals surface area contributed by atoms with Crippen molar-refractivity contribution < 1.29 is 14.2 Å². The Kier molecular flexibility index (Phi) is 3.42. The lowest BCUT2D eigenvalue weighted by Gasteiger charge is -2.06. The smallest absolute Gasteiger partial charge is 0.243 e. The summed E-state index contributed by atoms with van der Waals surface area (Å²) in [5.41, 5.74) is 1.16. The maximum absolute atomic E-state index is 13.3. The number of aliphatic hydroxyl groups is 1. The average Bonchev–Trinajstić information content (AvgIpc) is 2.80. The quantitative estimate of drug-likeness (QED) is 0.795. The van der Waals surface area contributed by atoms with Gasteiger partial charge in [0.15, 0.2) is 0 Å². The molecule has 0 unspecified atom stereocenters. The fraction of sp³-hybridized carbons (Fsp3) is 0.0714. The SMILES string of the molecule is OCc1c(Oc2cc(F)ccc2Br)nc2ccccn12. The van der Waals surface area contributed by atoms with E-state index in [1.807, 2.05) is 12.1 Å². The zero-order valence-corrected chi connectivity index (χ0v) is 11.8. The molecular weight excluding hydrogens is 327 g/mol. The molecule has 102 valence electrons. The van der Waals surface area contributed by atoms with Crippen molar-refractivity contribution in [1.82, 2.24) is 9.38 Å². The standard InChI is InChI=1S/C14H10BrFN2O2/c15-10-5-4-9(16)7-12(10)20-14-11(8-19)18-6-2-1-3-13(18)17-14/h1-7,19H,8H2. The van der Waals surface area contributed by atoms with Crippen LogP contribution in [0, 0.1) is 5.82 Å². The molecule has 0 amide bonds. The van der Waals surface area contributed by atoms with Crippen LogP contribution >= 0.6 is 15.9 Å². The highest BCUT2D eigenvalue weighted by molar-refractivity contribution is 9.10. The number of aliphatic hydroxyl groups excluding tert-OH is 1. The van der Waals surface area contributed by atoms with E-state index < -0.39 is 5.82 Å². The van der Waals surface area contributed by atoms with E-state index in [4.69, 9.17) is 4.74 Å². The second-order valence-corrected chi connectivity index (χ2v) is 4.98. The molecule has 20 heavy (non-hydrogen) atoms. The lowest BCUT2D eigenvalue weighted by Crippen LogP contribution is -1.95. The molecule has 0 aliphatic heterocycles. The molecule has 0 atom stereocenters. The number of pyridine rings is 1. The molecule has 0 spiro atoms. The van der Waals surface area contributed by atoms with Gasteiger partial charge in [-0.1, -0.05) is 6.07 Å². The van der Waals surface area contributed by atoms with Crippen molar-refractivity contribution in [2.75, 3.05) is 0 Å². The van der Waals surface area contributed by atoms with Gasteiger partial charge in [-0.15, -0.1) is 0 Å². The number of fused-ring (bicyclic) bond motifs is 1. The fourth-order valence-electron chi connectivity index (χ4n) is 1.91. The molecular formula is C14H10BrFN2O2. The van der Waals surface area contributed by atoms with Crippen LogP contribution in [0.3, 0.4) is 0 Å². The molecule has 0 radical (unpaired) electrons. The number of halogens is 2. The van der Waals surface area contributed by atoms with E-state index in [0.29, 0.717) is 21.6 Å². The Morgan fingerprint density at radius 3 is 2.95 bits per heavy atom. The van der Waals surface area contributed by atoms with Crippen LogP contribution < -0.4 is 4.74 Å². The van der Waals surface area contributed by atoms with Gasteiger partial charge >= 0.3 is 0 Å². The lowest BCUT2D eigenvalue weighted by atomic mass is 10.3. The molecule has 1 N–H and O–H groups in total. The first-order chi connectivity index (χ1) is 9.69. The Balaban J connectivity index is 2.08. The van der Waals surface area contributed by atoms with E-state index in [9.17, 15) is 9.50 Å². The predicted molar refractivity (Wildman–Crippen MR) is 75.3 cm³/mol. The predicted octanol–water partition coefficient (Wildman–Crippen LogP) is 3.52. The molecule has 3 rings (SSSR count). The summed E-state index contributed by atoms with van der Waals surface area (Å²) in [4.78, 5) is 4.29. The highest BCUT2D eigenvalue weighted by atomic mass is 79.9. The molecule has 2 aromatic heterocycles. The number of hydrogen-bond donors (Lipinski definition) is 1. The largest absolute Gasteiger partial charge is 0.436 e.